The topological polar surface area (TPSA) is 41.1 Å². The number of hydrogen-bond acceptors (Lipinski definition) is 2. The Balaban J connectivity index is 2.75. The van der Waals surface area contributed by atoms with Crippen LogP contribution in [0.1, 0.15) is 25.8 Å². The molecule has 1 amide bonds. The fraction of sp³-hybridized carbons (Fsp3) is 0.462. The Kier molecular flexibility index (Phi) is 6.01. The molecule has 0 saturated heterocycles. The van der Waals surface area contributed by atoms with Gasteiger partial charge in [-0.1, -0.05) is 29.8 Å². The summed E-state index contributed by atoms with van der Waals surface area (Å²) in [5, 5.41) is 5.32. The van der Waals surface area contributed by atoms with Crippen LogP contribution in [0.5, 0.6) is 0 Å². The van der Waals surface area contributed by atoms with Crippen LogP contribution in [0.3, 0.4) is 0 Å². The van der Waals surface area contributed by atoms with Crippen LogP contribution >= 0.6 is 15.9 Å². The van der Waals surface area contributed by atoms with E-state index in [2.05, 4.69) is 26.6 Å². The van der Waals surface area contributed by atoms with Gasteiger partial charge in [0.05, 0.1) is 11.3 Å². The zero-order valence-corrected chi connectivity index (χ0v) is 12.7. The maximum atomic E-state index is 12.9. The normalized spacial score (nSPS) is 11.8. The number of carbonyl (C=O) groups excluding carboxylic acids is 1. The Morgan fingerprint density at radius 2 is 2.00 bits per heavy atom. The van der Waals surface area contributed by atoms with Gasteiger partial charge in [0, 0.05) is 23.5 Å². The largest absolute Gasteiger partial charge is 0.418 e. The second-order valence-corrected chi connectivity index (χ2v) is 5.51. The number of anilines is 1. The van der Waals surface area contributed by atoms with Crippen LogP contribution in [-0.2, 0) is 11.0 Å². The SMILES string of the molecule is CC(C)NCCC(=O)Nc1ccc(Br)cc1C(F)(F)F. The molecule has 0 bridgehead atoms. The first-order valence-corrected chi connectivity index (χ1v) is 6.89. The summed E-state index contributed by atoms with van der Waals surface area (Å²) in [5.41, 5.74) is -1.09. The van der Waals surface area contributed by atoms with Crippen molar-refractivity contribution < 1.29 is 18.0 Å². The van der Waals surface area contributed by atoms with E-state index in [9.17, 15) is 18.0 Å². The van der Waals surface area contributed by atoms with Gasteiger partial charge in [-0.05, 0) is 18.2 Å². The number of rotatable bonds is 5. The number of alkyl halides is 3. The summed E-state index contributed by atoms with van der Waals surface area (Å²) in [5.74, 6) is -0.453. The first-order valence-electron chi connectivity index (χ1n) is 6.10. The molecule has 0 saturated carbocycles. The van der Waals surface area contributed by atoms with Crippen molar-refractivity contribution in [2.75, 3.05) is 11.9 Å². The zero-order chi connectivity index (χ0) is 15.3. The predicted molar refractivity (Wildman–Crippen MR) is 75.5 cm³/mol. The summed E-state index contributed by atoms with van der Waals surface area (Å²) in [7, 11) is 0. The summed E-state index contributed by atoms with van der Waals surface area (Å²) in [4.78, 5) is 11.6. The van der Waals surface area contributed by atoms with Crippen LogP contribution in [0, 0.1) is 0 Å². The first kappa shape index (κ1) is 17.0. The highest BCUT2D eigenvalue weighted by Gasteiger charge is 2.34. The Labute approximate surface area is 124 Å². The van der Waals surface area contributed by atoms with Crippen LogP contribution in [-0.4, -0.2) is 18.5 Å². The smallest absolute Gasteiger partial charge is 0.325 e. The highest BCUT2D eigenvalue weighted by molar-refractivity contribution is 9.10. The molecule has 0 heterocycles. The standard InChI is InChI=1S/C13H16BrF3N2O/c1-8(2)18-6-5-12(20)19-11-4-3-9(14)7-10(11)13(15,16)17/h3-4,7-8,18H,5-6H2,1-2H3,(H,19,20). The number of carbonyl (C=O) groups is 1. The van der Waals surface area contributed by atoms with Gasteiger partial charge in [-0.3, -0.25) is 4.79 Å². The number of amides is 1. The van der Waals surface area contributed by atoms with E-state index in [0.29, 0.717) is 11.0 Å². The Hall–Kier alpha value is -1.08. The molecule has 0 aliphatic rings. The predicted octanol–water partition coefficient (Wildman–Crippen LogP) is 3.79. The van der Waals surface area contributed by atoms with Crippen molar-refractivity contribution >= 4 is 27.5 Å². The Morgan fingerprint density at radius 3 is 2.55 bits per heavy atom. The molecule has 7 heteroatoms. The molecule has 20 heavy (non-hydrogen) atoms. The van der Waals surface area contributed by atoms with E-state index < -0.39 is 17.6 Å². The summed E-state index contributed by atoms with van der Waals surface area (Å²) < 4.78 is 38.9. The molecule has 0 radical (unpaired) electrons. The van der Waals surface area contributed by atoms with E-state index in [1.165, 1.54) is 12.1 Å². The average molecular weight is 353 g/mol. The number of nitrogens with one attached hydrogen (secondary N) is 2. The van der Waals surface area contributed by atoms with E-state index >= 15 is 0 Å². The summed E-state index contributed by atoms with van der Waals surface area (Å²) >= 11 is 2.99. The summed E-state index contributed by atoms with van der Waals surface area (Å²) in [6.45, 7) is 4.27. The molecule has 0 aliphatic carbocycles. The van der Waals surface area contributed by atoms with Crippen molar-refractivity contribution in [1.29, 1.82) is 0 Å². The minimum atomic E-state index is -4.51. The minimum Gasteiger partial charge on any atom is -0.325 e. The fourth-order valence-electron chi connectivity index (χ4n) is 1.55. The van der Waals surface area contributed by atoms with E-state index in [0.717, 1.165) is 6.07 Å². The Bertz CT molecular complexity index is 475. The van der Waals surface area contributed by atoms with Crippen molar-refractivity contribution in [3.63, 3.8) is 0 Å². The van der Waals surface area contributed by atoms with Gasteiger partial charge in [0.15, 0.2) is 0 Å². The second kappa shape index (κ2) is 7.08. The quantitative estimate of drug-likeness (QED) is 0.846. The monoisotopic (exact) mass is 352 g/mol. The molecule has 0 spiro atoms. The summed E-state index contributed by atoms with van der Waals surface area (Å²) in [6.07, 6.45) is -4.39. The van der Waals surface area contributed by atoms with E-state index in [1.54, 1.807) is 0 Å². The number of hydrogen-bond donors (Lipinski definition) is 2. The van der Waals surface area contributed by atoms with Gasteiger partial charge in [-0.2, -0.15) is 13.2 Å². The van der Waals surface area contributed by atoms with Gasteiger partial charge in [0.1, 0.15) is 0 Å². The molecule has 1 rings (SSSR count). The highest BCUT2D eigenvalue weighted by atomic mass is 79.9. The maximum absolute atomic E-state index is 12.9. The molecule has 1 aromatic carbocycles. The lowest BCUT2D eigenvalue weighted by Crippen LogP contribution is -2.27. The van der Waals surface area contributed by atoms with Crippen molar-refractivity contribution in [2.24, 2.45) is 0 Å². The van der Waals surface area contributed by atoms with Crippen LogP contribution in [0.25, 0.3) is 0 Å². The molecule has 112 valence electrons. The van der Waals surface area contributed by atoms with Crippen molar-refractivity contribution in [3.8, 4) is 0 Å². The molecule has 0 atom stereocenters. The molecule has 0 aromatic heterocycles. The molecular weight excluding hydrogens is 337 g/mol. The highest BCUT2D eigenvalue weighted by Crippen LogP contribution is 2.36. The molecule has 0 aliphatic heterocycles. The van der Waals surface area contributed by atoms with Crippen molar-refractivity contribution in [1.82, 2.24) is 5.32 Å². The third-order valence-corrected chi connectivity index (χ3v) is 2.96. The third-order valence-electron chi connectivity index (χ3n) is 2.47. The minimum absolute atomic E-state index is 0.117. The van der Waals surface area contributed by atoms with Gasteiger partial charge in [0.2, 0.25) is 5.91 Å². The van der Waals surface area contributed by atoms with E-state index in [1.807, 2.05) is 13.8 Å². The molecule has 1 aromatic rings. The van der Waals surface area contributed by atoms with Crippen molar-refractivity contribution in [3.05, 3.63) is 28.2 Å². The van der Waals surface area contributed by atoms with Crippen LogP contribution in [0.2, 0.25) is 0 Å². The van der Waals surface area contributed by atoms with Gasteiger partial charge >= 0.3 is 6.18 Å². The van der Waals surface area contributed by atoms with Gasteiger partial charge in [0.25, 0.3) is 0 Å². The van der Waals surface area contributed by atoms with Crippen LogP contribution in [0.15, 0.2) is 22.7 Å². The fourth-order valence-corrected chi connectivity index (χ4v) is 1.91. The zero-order valence-electron chi connectivity index (χ0n) is 11.1. The number of halogens is 4. The molecule has 2 N–H and O–H groups in total. The number of benzene rings is 1. The lowest BCUT2D eigenvalue weighted by molar-refractivity contribution is -0.137. The average Bonchev–Trinajstić information content (AvgIpc) is 2.29. The summed E-state index contributed by atoms with van der Waals surface area (Å²) in [6, 6.07) is 3.86. The lowest BCUT2D eigenvalue weighted by Gasteiger charge is -2.14. The first-order chi connectivity index (χ1) is 9.20. The third kappa shape index (κ3) is 5.50. The second-order valence-electron chi connectivity index (χ2n) is 4.59. The Morgan fingerprint density at radius 1 is 1.35 bits per heavy atom. The van der Waals surface area contributed by atoms with Gasteiger partial charge < -0.3 is 10.6 Å². The van der Waals surface area contributed by atoms with E-state index in [4.69, 9.17) is 0 Å². The maximum Gasteiger partial charge on any atom is 0.418 e. The molecule has 0 fully saturated rings. The molecule has 0 unspecified atom stereocenters. The molecule has 3 nitrogen and oxygen atoms in total. The lowest BCUT2D eigenvalue weighted by atomic mass is 10.1. The van der Waals surface area contributed by atoms with Crippen LogP contribution in [0.4, 0.5) is 18.9 Å². The van der Waals surface area contributed by atoms with Crippen molar-refractivity contribution in [2.45, 2.75) is 32.5 Å². The van der Waals surface area contributed by atoms with Gasteiger partial charge in [-0.25, -0.2) is 0 Å². The van der Waals surface area contributed by atoms with Gasteiger partial charge in [-0.15, -0.1) is 0 Å². The van der Waals surface area contributed by atoms with E-state index in [-0.39, 0.29) is 18.2 Å². The van der Waals surface area contributed by atoms with Crippen LogP contribution < -0.4 is 10.6 Å². The molecular formula is C13H16BrF3N2O.